The van der Waals surface area contributed by atoms with Gasteiger partial charge in [0.05, 0.1) is 0 Å². The summed E-state index contributed by atoms with van der Waals surface area (Å²) < 4.78 is 0. The highest BCUT2D eigenvalue weighted by Crippen LogP contribution is 2.63. The van der Waals surface area contributed by atoms with Crippen LogP contribution in [0, 0.1) is 58.2 Å². The molecule has 9 saturated carbocycles. The molecule has 0 aromatic rings. The van der Waals surface area contributed by atoms with E-state index in [-0.39, 0.29) is 22.7 Å². The van der Waals surface area contributed by atoms with Gasteiger partial charge in [-0.3, -0.25) is 9.59 Å². The van der Waals surface area contributed by atoms with Crippen molar-refractivity contribution < 1.29 is 9.59 Å². The van der Waals surface area contributed by atoms with E-state index in [1.54, 1.807) is 0 Å². The van der Waals surface area contributed by atoms with E-state index in [0.717, 1.165) is 61.2 Å². The van der Waals surface area contributed by atoms with E-state index in [2.05, 4.69) is 0 Å². The van der Waals surface area contributed by atoms with Crippen LogP contribution >= 0.6 is 0 Å². The largest absolute Gasteiger partial charge is 0.299 e. The zero-order chi connectivity index (χ0) is 20.1. The van der Waals surface area contributed by atoms with Gasteiger partial charge in [-0.25, -0.2) is 0 Å². The minimum Gasteiger partial charge on any atom is -0.299 e. The molecule has 2 nitrogen and oxygen atoms in total. The summed E-state index contributed by atoms with van der Waals surface area (Å²) in [5.74, 6) is 6.72. The van der Waals surface area contributed by atoms with E-state index in [1.807, 2.05) is 0 Å². The van der Waals surface area contributed by atoms with Crippen LogP contribution in [0.2, 0.25) is 0 Å². The number of ketones is 2. The summed E-state index contributed by atoms with van der Waals surface area (Å²) in [6, 6.07) is 0. The molecule has 0 saturated heterocycles. The fraction of sp³-hybridized carbons (Fsp3) is 0.929. The lowest BCUT2D eigenvalue weighted by Crippen LogP contribution is -2.53. The summed E-state index contributed by atoms with van der Waals surface area (Å²) in [6.07, 6.45) is 19.8. The Hall–Kier alpha value is -0.660. The normalized spacial score (nSPS) is 55.7. The lowest BCUT2D eigenvalue weighted by molar-refractivity contribution is -0.154. The number of Topliss-reactive ketones (excluding diaryl/α,β-unsaturated/α-hetero) is 2. The van der Waals surface area contributed by atoms with Gasteiger partial charge in [-0.05, 0) is 132 Å². The molecule has 30 heavy (non-hydrogen) atoms. The number of carbonyl (C=O) groups is 2. The van der Waals surface area contributed by atoms with Crippen LogP contribution in [0.4, 0.5) is 0 Å². The molecule has 9 fully saturated rings. The van der Waals surface area contributed by atoms with Gasteiger partial charge in [0.2, 0.25) is 0 Å². The zero-order valence-electron chi connectivity index (χ0n) is 18.7. The molecule has 0 spiro atoms. The molecule has 0 amide bonds. The predicted octanol–water partition coefficient (Wildman–Crippen LogP) is 6.36. The van der Waals surface area contributed by atoms with Crippen LogP contribution in [-0.4, -0.2) is 11.6 Å². The second kappa shape index (κ2) is 6.44. The minimum absolute atomic E-state index is 0.0328. The van der Waals surface area contributed by atoms with Crippen molar-refractivity contribution in [3.63, 3.8) is 0 Å². The van der Waals surface area contributed by atoms with Crippen molar-refractivity contribution in [2.75, 3.05) is 0 Å². The van der Waals surface area contributed by atoms with Crippen LogP contribution in [0.15, 0.2) is 0 Å². The van der Waals surface area contributed by atoms with Crippen LogP contribution in [0.1, 0.15) is 103 Å². The van der Waals surface area contributed by atoms with E-state index in [4.69, 9.17) is 0 Å². The Labute approximate surface area is 182 Å². The Bertz CT molecular complexity index is 630. The molecule has 8 bridgehead atoms. The number of rotatable bonds is 4. The van der Waals surface area contributed by atoms with Crippen LogP contribution in [0.5, 0.6) is 0 Å². The zero-order valence-corrected chi connectivity index (χ0v) is 18.7. The highest BCUT2D eigenvalue weighted by Gasteiger charge is 2.58. The molecule has 2 atom stereocenters. The molecule has 9 rings (SSSR count). The van der Waals surface area contributed by atoms with Crippen LogP contribution in [0.3, 0.4) is 0 Å². The van der Waals surface area contributed by atoms with Gasteiger partial charge in [0.15, 0.2) is 0 Å². The Morgan fingerprint density at radius 1 is 0.467 bits per heavy atom. The third kappa shape index (κ3) is 2.73. The van der Waals surface area contributed by atoms with E-state index in [0.29, 0.717) is 11.6 Å². The summed E-state index contributed by atoms with van der Waals surface area (Å²) in [5, 5.41) is 0. The highest BCUT2D eigenvalue weighted by molar-refractivity contribution is 5.91. The first-order chi connectivity index (χ1) is 14.5. The van der Waals surface area contributed by atoms with Crippen molar-refractivity contribution in [1.29, 1.82) is 0 Å². The monoisotopic (exact) mass is 408 g/mol. The van der Waals surface area contributed by atoms with Crippen molar-refractivity contribution in [3.05, 3.63) is 0 Å². The third-order valence-electron chi connectivity index (χ3n) is 11.5. The van der Waals surface area contributed by atoms with E-state index in [1.165, 1.54) is 77.0 Å². The fourth-order valence-electron chi connectivity index (χ4n) is 11.4. The predicted molar refractivity (Wildman–Crippen MR) is 117 cm³/mol. The summed E-state index contributed by atoms with van der Waals surface area (Å²) >= 11 is 0. The first kappa shape index (κ1) is 18.9. The van der Waals surface area contributed by atoms with E-state index >= 15 is 0 Å². The molecule has 9 aliphatic carbocycles. The minimum atomic E-state index is 0.0328. The van der Waals surface area contributed by atoms with Crippen LogP contribution in [-0.2, 0) is 9.59 Å². The van der Waals surface area contributed by atoms with Gasteiger partial charge in [0.25, 0.3) is 0 Å². The number of hydrogen-bond donors (Lipinski definition) is 0. The first-order valence-corrected chi connectivity index (χ1v) is 13.6. The average molecular weight is 409 g/mol. The second-order valence-corrected chi connectivity index (χ2v) is 13.7. The fourth-order valence-corrected chi connectivity index (χ4v) is 11.4. The molecule has 0 heterocycles. The quantitative estimate of drug-likeness (QED) is 0.542. The summed E-state index contributed by atoms with van der Waals surface area (Å²) in [7, 11) is 0. The van der Waals surface area contributed by atoms with Gasteiger partial charge in [-0.1, -0.05) is 6.42 Å². The molecule has 0 aromatic carbocycles. The van der Waals surface area contributed by atoms with Gasteiger partial charge >= 0.3 is 0 Å². The van der Waals surface area contributed by atoms with Gasteiger partial charge < -0.3 is 0 Å². The molecule has 0 aliphatic heterocycles. The molecule has 9 aliphatic rings. The van der Waals surface area contributed by atoms with E-state index in [9.17, 15) is 9.59 Å². The smallest absolute Gasteiger partial charge is 0.142 e. The maximum Gasteiger partial charge on any atom is 0.142 e. The first-order valence-electron chi connectivity index (χ1n) is 13.6. The molecule has 0 N–H and O–H groups in total. The third-order valence-corrected chi connectivity index (χ3v) is 11.5. The maximum atomic E-state index is 14.0. The maximum absolute atomic E-state index is 14.0. The summed E-state index contributed by atoms with van der Waals surface area (Å²) in [4.78, 5) is 27.9. The Balaban J connectivity index is 1.09. The molecule has 2 heteroatoms. The van der Waals surface area contributed by atoms with E-state index < -0.39 is 0 Å². The van der Waals surface area contributed by atoms with Crippen molar-refractivity contribution in [1.82, 2.24) is 0 Å². The topological polar surface area (TPSA) is 34.1 Å². The Morgan fingerprint density at radius 2 is 0.767 bits per heavy atom. The van der Waals surface area contributed by atoms with Crippen molar-refractivity contribution in [3.8, 4) is 0 Å². The van der Waals surface area contributed by atoms with Gasteiger partial charge in [-0.2, -0.15) is 0 Å². The lowest BCUT2D eigenvalue weighted by atomic mass is 9.46. The lowest BCUT2D eigenvalue weighted by Gasteiger charge is -2.57. The van der Waals surface area contributed by atoms with Crippen LogP contribution < -0.4 is 0 Å². The molecule has 2 unspecified atom stereocenters. The SMILES string of the molecule is O=C(C1CCCC(C(=O)C23CC4CC(CC(C4)C2)C3)C1)C12CC3CC(CC(C3)C1)C2. The highest BCUT2D eigenvalue weighted by atomic mass is 16.1. The molecule has 0 aromatic heterocycles. The Morgan fingerprint density at radius 3 is 1.07 bits per heavy atom. The van der Waals surface area contributed by atoms with Crippen molar-refractivity contribution in [2.45, 2.75) is 103 Å². The second-order valence-electron chi connectivity index (χ2n) is 13.7. The standard InChI is InChI=1S/C28H40O2/c29-25(27-11-17-4-18(12-27)6-19(5-17)13-27)23-2-1-3-24(10-23)26(30)28-14-20-7-21(15-28)9-22(8-20)16-28/h17-24H,1-16H2. The molecular weight excluding hydrogens is 368 g/mol. The summed E-state index contributed by atoms with van der Waals surface area (Å²) in [5.41, 5.74) is 0.0656. The van der Waals surface area contributed by atoms with Crippen LogP contribution in [0.25, 0.3) is 0 Å². The van der Waals surface area contributed by atoms with Gasteiger partial charge in [0.1, 0.15) is 11.6 Å². The average Bonchev–Trinajstić information content (AvgIpc) is 2.71. The molecule has 164 valence electrons. The molecule has 0 radical (unpaired) electrons. The number of hydrogen-bond acceptors (Lipinski definition) is 2. The van der Waals surface area contributed by atoms with Gasteiger partial charge in [0, 0.05) is 22.7 Å². The van der Waals surface area contributed by atoms with Crippen molar-refractivity contribution in [2.24, 2.45) is 58.2 Å². The Kier molecular flexibility index (Phi) is 4.05. The summed E-state index contributed by atoms with van der Waals surface area (Å²) in [6.45, 7) is 0. The molecular formula is C28H40O2. The number of carbonyl (C=O) groups excluding carboxylic acids is 2. The van der Waals surface area contributed by atoms with Crippen molar-refractivity contribution >= 4 is 11.6 Å². The van der Waals surface area contributed by atoms with Gasteiger partial charge in [-0.15, -0.1) is 0 Å².